The third-order valence-corrected chi connectivity index (χ3v) is 4.13. The normalized spacial score (nSPS) is 19.2. The molecule has 1 aliphatic heterocycles. The molecule has 3 rings (SSSR count). The Hall–Kier alpha value is -1.07. The molecule has 1 atom stereocenters. The van der Waals surface area contributed by atoms with Gasteiger partial charge in [-0.1, -0.05) is 22.0 Å². The maximum Gasteiger partial charge on any atom is 0.151 e. The Balaban J connectivity index is 1.90. The monoisotopic (exact) mass is 323 g/mol. The fraction of sp³-hybridized carbons (Fsp3) is 0.500. The van der Waals surface area contributed by atoms with Gasteiger partial charge < -0.3 is 14.0 Å². The number of halogens is 1. The molecule has 102 valence electrons. The lowest BCUT2D eigenvalue weighted by Gasteiger charge is -2.21. The van der Waals surface area contributed by atoms with Crippen molar-refractivity contribution in [2.45, 2.75) is 24.3 Å². The van der Waals surface area contributed by atoms with Gasteiger partial charge >= 0.3 is 0 Å². The van der Waals surface area contributed by atoms with Gasteiger partial charge in [0.2, 0.25) is 0 Å². The van der Waals surface area contributed by atoms with Crippen molar-refractivity contribution in [1.29, 1.82) is 0 Å². The average molecular weight is 324 g/mol. The summed E-state index contributed by atoms with van der Waals surface area (Å²) in [6.07, 6.45) is 4.73. The van der Waals surface area contributed by atoms with Crippen LogP contribution in [0.15, 0.2) is 24.4 Å². The van der Waals surface area contributed by atoms with Gasteiger partial charge in [0, 0.05) is 31.7 Å². The summed E-state index contributed by atoms with van der Waals surface area (Å²) >= 11 is 3.57. The molecule has 0 aliphatic carbocycles. The number of ether oxygens (including phenoxy) is 1. The Morgan fingerprint density at radius 1 is 1.53 bits per heavy atom. The molecular weight excluding hydrogens is 306 g/mol. The minimum Gasteiger partial charge on any atom is -0.376 e. The van der Waals surface area contributed by atoms with E-state index in [4.69, 9.17) is 9.72 Å². The van der Waals surface area contributed by atoms with Gasteiger partial charge in [-0.3, -0.25) is 0 Å². The van der Waals surface area contributed by atoms with Crippen molar-refractivity contribution < 1.29 is 4.74 Å². The Morgan fingerprint density at radius 3 is 3.16 bits per heavy atom. The lowest BCUT2D eigenvalue weighted by molar-refractivity contribution is 0.116. The maximum atomic E-state index is 5.70. The van der Waals surface area contributed by atoms with Crippen LogP contribution in [0.25, 0.3) is 5.65 Å². The summed E-state index contributed by atoms with van der Waals surface area (Å²) < 4.78 is 7.84. The molecule has 0 N–H and O–H groups in total. The van der Waals surface area contributed by atoms with Crippen LogP contribution in [0.2, 0.25) is 0 Å². The highest BCUT2D eigenvalue weighted by Gasteiger charge is 2.21. The fourth-order valence-electron chi connectivity index (χ4n) is 2.64. The zero-order valence-electron chi connectivity index (χ0n) is 11.1. The van der Waals surface area contributed by atoms with Gasteiger partial charge in [-0.2, -0.15) is 0 Å². The summed E-state index contributed by atoms with van der Waals surface area (Å²) in [5.74, 6) is 1.04. The van der Waals surface area contributed by atoms with Gasteiger partial charge in [0.15, 0.2) is 5.82 Å². The van der Waals surface area contributed by atoms with Gasteiger partial charge in [0.1, 0.15) is 5.65 Å². The molecule has 19 heavy (non-hydrogen) atoms. The van der Waals surface area contributed by atoms with E-state index in [2.05, 4.69) is 38.5 Å². The van der Waals surface area contributed by atoms with E-state index in [0.29, 0.717) is 6.10 Å². The molecule has 4 nitrogen and oxygen atoms in total. The van der Waals surface area contributed by atoms with Crippen molar-refractivity contribution in [2.75, 3.05) is 25.1 Å². The van der Waals surface area contributed by atoms with E-state index in [1.54, 1.807) is 0 Å². The number of hydrogen-bond acceptors (Lipinski definition) is 3. The molecular formula is C14H18BrN3O. The van der Waals surface area contributed by atoms with Crippen LogP contribution in [-0.2, 0) is 10.1 Å². The van der Waals surface area contributed by atoms with E-state index in [9.17, 15) is 0 Å². The second-order valence-electron chi connectivity index (χ2n) is 4.96. The second-order valence-corrected chi connectivity index (χ2v) is 5.52. The molecule has 0 spiro atoms. The fourth-order valence-corrected chi connectivity index (χ4v) is 3.17. The minimum absolute atomic E-state index is 0.345. The topological polar surface area (TPSA) is 29.8 Å². The van der Waals surface area contributed by atoms with Gasteiger partial charge in [-0.25, -0.2) is 4.98 Å². The Kier molecular flexibility index (Phi) is 3.75. The third kappa shape index (κ3) is 2.49. The third-order valence-electron chi connectivity index (χ3n) is 3.60. The second kappa shape index (κ2) is 5.51. The van der Waals surface area contributed by atoms with Crippen molar-refractivity contribution in [3.63, 3.8) is 0 Å². The zero-order valence-corrected chi connectivity index (χ0v) is 12.6. The first-order valence-corrected chi connectivity index (χ1v) is 7.76. The molecule has 0 aromatic carbocycles. The zero-order chi connectivity index (χ0) is 13.2. The minimum atomic E-state index is 0.345. The molecule has 2 aromatic heterocycles. The van der Waals surface area contributed by atoms with Crippen LogP contribution in [0, 0.1) is 0 Å². The number of aromatic nitrogens is 2. The summed E-state index contributed by atoms with van der Waals surface area (Å²) in [4.78, 5) is 6.94. The van der Waals surface area contributed by atoms with Crippen molar-refractivity contribution in [1.82, 2.24) is 9.38 Å². The quantitative estimate of drug-likeness (QED) is 0.810. The molecule has 1 saturated heterocycles. The van der Waals surface area contributed by atoms with Gasteiger partial charge in [-0.05, 0) is 25.0 Å². The molecule has 3 heterocycles. The number of alkyl halides is 1. The summed E-state index contributed by atoms with van der Waals surface area (Å²) in [7, 11) is 2.09. The molecule has 0 amide bonds. The molecule has 1 unspecified atom stereocenters. The van der Waals surface area contributed by atoms with E-state index in [1.807, 2.05) is 18.2 Å². The molecule has 0 bridgehead atoms. The predicted molar refractivity (Wildman–Crippen MR) is 80.1 cm³/mol. The summed E-state index contributed by atoms with van der Waals surface area (Å²) in [5, 5.41) is 0.795. The number of rotatable bonds is 4. The highest BCUT2D eigenvalue weighted by atomic mass is 79.9. The van der Waals surface area contributed by atoms with Crippen molar-refractivity contribution >= 4 is 27.4 Å². The van der Waals surface area contributed by atoms with Crippen LogP contribution >= 0.6 is 15.9 Å². The van der Waals surface area contributed by atoms with Crippen LogP contribution in [0.1, 0.15) is 18.5 Å². The maximum absolute atomic E-state index is 5.70. The lowest BCUT2D eigenvalue weighted by Crippen LogP contribution is -2.29. The molecule has 5 heteroatoms. The van der Waals surface area contributed by atoms with Gasteiger partial charge in [-0.15, -0.1) is 0 Å². The van der Waals surface area contributed by atoms with E-state index < -0.39 is 0 Å². The van der Waals surface area contributed by atoms with E-state index in [-0.39, 0.29) is 0 Å². The van der Waals surface area contributed by atoms with E-state index in [1.165, 1.54) is 12.1 Å². The number of imidazole rings is 1. The van der Waals surface area contributed by atoms with Crippen LogP contribution in [-0.4, -0.2) is 35.7 Å². The predicted octanol–water partition coefficient (Wildman–Crippen LogP) is 2.84. The number of nitrogens with zero attached hydrogens (tertiary/aromatic N) is 3. The van der Waals surface area contributed by atoms with Crippen molar-refractivity contribution in [3.8, 4) is 0 Å². The smallest absolute Gasteiger partial charge is 0.151 e. The standard InChI is InChI=1S/C14H18BrN3O/c1-17(10-11-5-4-8-19-11)14-12(9-15)18-7-3-2-6-13(18)16-14/h2-3,6-7,11H,4-5,8-10H2,1H3. The van der Waals surface area contributed by atoms with Crippen LogP contribution < -0.4 is 4.90 Å². The lowest BCUT2D eigenvalue weighted by atomic mass is 10.2. The number of hydrogen-bond donors (Lipinski definition) is 0. The molecule has 2 aromatic rings. The van der Waals surface area contributed by atoms with Crippen LogP contribution in [0.3, 0.4) is 0 Å². The van der Waals surface area contributed by atoms with Crippen molar-refractivity contribution in [3.05, 3.63) is 30.1 Å². The summed E-state index contributed by atoms with van der Waals surface area (Å²) in [6, 6.07) is 6.09. The largest absolute Gasteiger partial charge is 0.376 e. The number of fused-ring (bicyclic) bond motifs is 1. The first kappa shape index (κ1) is 12.9. The SMILES string of the molecule is CN(CC1CCCO1)c1nc2ccccn2c1CBr. The van der Waals surface area contributed by atoms with Crippen molar-refractivity contribution in [2.24, 2.45) is 0 Å². The average Bonchev–Trinajstić information content (AvgIpc) is 3.04. The Morgan fingerprint density at radius 2 is 2.42 bits per heavy atom. The van der Waals surface area contributed by atoms with E-state index >= 15 is 0 Å². The molecule has 0 radical (unpaired) electrons. The highest BCUT2D eigenvalue weighted by Crippen LogP contribution is 2.24. The first-order chi connectivity index (χ1) is 9.29. The summed E-state index contributed by atoms with van der Waals surface area (Å²) in [6.45, 7) is 1.80. The first-order valence-electron chi connectivity index (χ1n) is 6.64. The number of anilines is 1. The van der Waals surface area contributed by atoms with E-state index in [0.717, 1.165) is 36.4 Å². The van der Waals surface area contributed by atoms with Crippen LogP contribution in [0.5, 0.6) is 0 Å². The number of pyridine rings is 1. The molecule has 1 fully saturated rings. The van der Waals surface area contributed by atoms with Gasteiger partial charge in [0.25, 0.3) is 0 Å². The van der Waals surface area contributed by atoms with Crippen LogP contribution in [0.4, 0.5) is 5.82 Å². The Labute approximate surface area is 121 Å². The van der Waals surface area contributed by atoms with Gasteiger partial charge in [0.05, 0.1) is 11.8 Å². The number of likely N-dealkylation sites (N-methyl/N-ethyl adjacent to an activating group) is 1. The summed E-state index contributed by atoms with van der Waals surface area (Å²) in [5.41, 5.74) is 2.18. The molecule has 0 saturated carbocycles. The molecule has 1 aliphatic rings. The highest BCUT2D eigenvalue weighted by molar-refractivity contribution is 9.08. The Bertz CT molecular complexity index is 563.